The first-order chi connectivity index (χ1) is 5.52. The van der Waals surface area contributed by atoms with Gasteiger partial charge >= 0.3 is 5.97 Å². The average Bonchev–Trinajstić information content (AvgIpc) is 2.28. The van der Waals surface area contributed by atoms with Crippen molar-refractivity contribution in [1.29, 1.82) is 0 Å². The van der Waals surface area contributed by atoms with Gasteiger partial charge < -0.3 is 10.2 Å². The monoisotopic (exact) mass is 207 g/mol. The lowest BCUT2D eigenvalue weighted by Crippen LogP contribution is -2.11. The molecule has 6 heteroatoms. The molecule has 0 aliphatic heterocycles. The van der Waals surface area contributed by atoms with Gasteiger partial charge in [0.2, 0.25) is 0 Å². The first kappa shape index (κ1) is 9.44. The average molecular weight is 208 g/mol. The maximum atomic E-state index is 10.3. The molecule has 1 heterocycles. The number of hydrogen-bond acceptors (Lipinski definition) is 4. The molecular formula is C6H6ClNO3S. The van der Waals surface area contributed by atoms with Gasteiger partial charge in [0, 0.05) is 0 Å². The summed E-state index contributed by atoms with van der Waals surface area (Å²) in [5.41, 5.74) is 0.0201. The summed E-state index contributed by atoms with van der Waals surface area (Å²) in [4.78, 5) is 14.1. The highest BCUT2D eigenvalue weighted by Crippen LogP contribution is 2.28. The molecule has 0 aliphatic rings. The number of aliphatic hydroxyl groups excluding tert-OH is 1. The van der Waals surface area contributed by atoms with Crippen molar-refractivity contribution in [2.75, 3.05) is 0 Å². The molecule has 0 amide bonds. The number of carboxylic acids is 1. The van der Waals surface area contributed by atoms with Gasteiger partial charge in [0.25, 0.3) is 0 Å². The fourth-order valence-corrected chi connectivity index (χ4v) is 1.85. The van der Waals surface area contributed by atoms with Gasteiger partial charge in [-0.05, 0) is 6.92 Å². The van der Waals surface area contributed by atoms with Crippen molar-refractivity contribution in [2.45, 2.75) is 13.0 Å². The van der Waals surface area contributed by atoms with Crippen LogP contribution in [0.5, 0.6) is 0 Å². The minimum absolute atomic E-state index is 0.0201. The molecule has 4 nitrogen and oxygen atoms in total. The molecule has 0 radical (unpaired) electrons. The standard InChI is InChI=1S/C6H6ClNO3S/c1-2-8-3(5(7)12-2)4(9)6(10)11/h4,9H,1H3,(H,10,11). The van der Waals surface area contributed by atoms with Gasteiger partial charge in [0.05, 0.1) is 5.01 Å². The molecule has 66 valence electrons. The molecule has 0 saturated carbocycles. The third-order valence-electron chi connectivity index (χ3n) is 1.21. The van der Waals surface area contributed by atoms with Crippen LogP contribution in [0.25, 0.3) is 0 Å². The number of halogens is 1. The summed E-state index contributed by atoms with van der Waals surface area (Å²) in [5.74, 6) is -1.35. The molecule has 1 aromatic heterocycles. The third kappa shape index (κ3) is 1.74. The molecule has 0 aromatic carbocycles. The highest BCUT2D eigenvalue weighted by molar-refractivity contribution is 7.15. The molecule has 1 aromatic rings. The van der Waals surface area contributed by atoms with Crippen LogP contribution in [0.15, 0.2) is 0 Å². The van der Waals surface area contributed by atoms with E-state index in [2.05, 4.69) is 4.98 Å². The van der Waals surface area contributed by atoms with Crippen LogP contribution in [0.3, 0.4) is 0 Å². The molecule has 1 rings (SSSR count). The smallest absolute Gasteiger partial charge is 0.338 e. The maximum absolute atomic E-state index is 10.3. The Kier molecular flexibility index (Phi) is 2.66. The number of carboxylic acid groups (broad SMARTS) is 1. The van der Waals surface area contributed by atoms with Crippen LogP contribution in [0.4, 0.5) is 0 Å². The van der Waals surface area contributed by atoms with E-state index in [-0.39, 0.29) is 10.0 Å². The predicted molar refractivity (Wildman–Crippen MR) is 44.5 cm³/mol. The van der Waals surface area contributed by atoms with E-state index in [1.54, 1.807) is 6.92 Å². The largest absolute Gasteiger partial charge is 0.479 e. The summed E-state index contributed by atoms with van der Waals surface area (Å²) < 4.78 is 0.224. The van der Waals surface area contributed by atoms with E-state index < -0.39 is 12.1 Å². The third-order valence-corrected chi connectivity index (χ3v) is 2.41. The van der Waals surface area contributed by atoms with E-state index in [9.17, 15) is 4.79 Å². The second-order valence-corrected chi connectivity index (χ2v) is 3.94. The van der Waals surface area contributed by atoms with Crippen LogP contribution >= 0.6 is 22.9 Å². The SMILES string of the molecule is Cc1nc(C(O)C(=O)O)c(Cl)s1. The predicted octanol–water partition coefficient (Wildman–Crippen LogP) is 1.22. The quantitative estimate of drug-likeness (QED) is 0.765. The van der Waals surface area contributed by atoms with E-state index in [1.807, 2.05) is 0 Å². The van der Waals surface area contributed by atoms with Gasteiger partial charge in [-0.25, -0.2) is 9.78 Å². The van der Waals surface area contributed by atoms with Crippen LogP contribution in [0.2, 0.25) is 4.34 Å². The van der Waals surface area contributed by atoms with Crippen LogP contribution in [0.1, 0.15) is 16.8 Å². The van der Waals surface area contributed by atoms with Gasteiger partial charge in [0.15, 0.2) is 6.10 Å². The molecule has 1 atom stereocenters. The summed E-state index contributed by atoms with van der Waals surface area (Å²) in [5, 5.41) is 18.1. The van der Waals surface area contributed by atoms with Gasteiger partial charge in [-0.2, -0.15) is 0 Å². The fraction of sp³-hybridized carbons (Fsp3) is 0.333. The van der Waals surface area contributed by atoms with E-state index in [0.29, 0.717) is 5.01 Å². The highest BCUT2D eigenvalue weighted by Gasteiger charge is 2.22. The summed E-state index contributed by atoms with van der Waals surface area (Å²) in [6.07, 6.45) is -1.62. The number of aryl methyl sites for hydroxylation is 1. The number of hydrogen-bond donors (Lipinski definition) is 2. The number of aromatic nitrogens is 1. The normalized spacial score (nSPS) is 12.9. The van der Waals surface area contributed by atoms with Crippen molar-refractivity contribution < 1.29 is 15.0 Å². The Bertz CT molecular complexity index is 312. The number of nitrogens with zero attached hydrogens (tertiary/aromatic N) is 1. The molecule has 12 heavy (non-hydrogen) atoms. The van der Waals surface area contributed by atoms with E-state index in [0.717, 1.165) is 11.3 Å². The number of rotatable bonds is 2. The first-order valence-corrected chi connectivity index (χ1v) is 4.25. The molecule has 0 aliphatic carbocycles. The van der Waals surface area contributed by atoms with Crippen molar-refractivity contribution >= 4 is 28.9 Å². The van der Waals surface area contributed by atoms with Crippen LogP contribution in [-0.4, -0.2) is 21.2 Å². The minimum atomic E-state index is -1.62. The molecule has 2 N–H and O–H groups in total. The van der Waals surface area contributed by atoms with Crippen LogP contribution < -0.4 is 0 Å². The second kappa shape index (κ2) is 3.38. The zero-order chi connectivity index (χ0) is 9.30. The summed E-state index contributed by atoms with van der Waals surface area (Å²) >= 11 is 6.76. The zero-order valence-corrected chi connectivity index (χ0v) is 7.69. The van der Waals surface area contributed by atoms with Crippen molar-refractivity contribution in [3.8, 4) is 0 Å². The lowest BCUT2D eigenvalue weighted by molar-refractivity contribution is -0.147. The fourth-order valence-electron chi connectivity index (χ4n) is 0.704. The summed E-state index contributed by atoms with van der Waals surface area (Å²) in [6.45, 7) is 1.69. The Balaban J connectivity index is 3.02. The zero-order valence-electron chi connectivity index (χ0n) is 6.11. The van der Waals surface area contributed by atoms with Gasteiger partial charge in [-0.1, -0.05) is 11.6 Å². The van der Waals surface area contributed by atoms with Crippen molar-refractivity contribution in [1.82, 2.24) is 4.98 Å². The van der Waals surface area contributed by atoms with Gasteiger partial charge in [-0.15, -0.1) is 11.3 Å². The molecule has 1 unspecified atom stereocenters. The van der Waals surface area contributed by atoms with E-state index >= 15 is 0 Å². The molecule has 0 saturated heterocycles. The number of thiazole rings is 1. The van der Waals surface area contributed by atoms with Gasteiger partial charge in [0.1, 0.15) is 10.0 Å². The Morgan fingerprint density at radius 2 is 2.33 bits per heavy atom. The Morgan fingerprint density at radius 3 is 2.67 bits per heavy atom. The van der Waals surface area contributed by atoms with Gasteiger partial charge in [-0.3, -0.25) is 0 Å². The first-order valence-electron chi connectivity index (χ1n) is 3.06. The molecular weight excluding hydrogens is 202 g/mol. The van der Waals surface area contributed by atoms with Crippen LogP contribution in [0, 0.1) is 6.92 Å². The van der Waals surface area contributed by atoms with E-state index in [1.165, 1.54) is 0 Å². The highest BCUT2D eigenvalue weighted by atomic mass is 35.5. The van der Waals surface area contributed by atoms with Crippen molar-refractivity contribution in [3.63, 3.8) is 0 Å². The lowest BCUT2D eigenvalue weighted by Gasteiger charge is -2.00. The Labute approximate surface area is 77.4 Å². The summed E-state index contributed by atoms with van der Waals surface area (Å²) in [6, 6.07) is 0. The van der Waals surface area contributed by atoms with E-state index in [4.69, 9.17) is 21.8 Å². The molecule has 0 spiro atoms. The summed E-state index contributed by atoms with van der Waals surface area (Å²) in [7, 11) is 0. The van der Waals surface area contributed by atoms with Crippen molar-refractivity contribution in [2.24, 2.45) is 0 Å². The maximum Gasteiger partial charge on any atom is 0.338 e. The lowest BCUT2D eigenvalue weighted by atomic mass is 10.3. The van der Waals surface area contributed by atoms with Crippen molar-refractivity contribution in [3.05, 3.63) is 15.0 Å². The molecule has 0 bridgehead atoms. The molecule has 0 fully saturated rings. The second-order valence-electron chi connectivity index (χ2n) is 2.13. The Morgan fingerprint density at radius 1 is 1.75 bits per heavy atom. The van der Waals surface area contributed by atoms with Crippen LogP contribution in [-0.2, 0) is 4.79 Å². The number of aliphatic hydroxyl groups is 1. The number of aliphatic carboxylic acids is 1. The Hall–Kier alpha value is -0.650. The topological polar surface area (TPSA) is 70.4 Å². The minimum Gasteiger partial charge on any atom is -0.479 e. The number of carbonyl (C=O) groups is 1.